The second kappa shape index (κ2) is 4.95. The molecule has 0 spiro atoms. The molecular weight excluding hydrogens is 220 g/mol. The van der Waals surface area contributed by atoms with E-state index in [0.717, 1.165) is 17.1 Å². The summed E-state index contributed by atoms with van der Waals surface area (Å²) in [5.74, 6) is 0.0954. The third-order valence-electron chi connectivity index (χ3n) is 2.15. The van der Waals surface area contributed by atoms with Gasteiger partial charge in [0.2, 0.25) is 5.91 Å². The molecule has 0 aliphatic heterocycles. The number of carbonyl (C=O) groups excluding carboxylic acids is 1. The number of nitrogens with zero attached hydrogens (tertiary/aromatic N) is 1. The van der Waals surface area contributed by atoms with Gasteiger partial charge in [0.15, 0.2) is 0 Å². The van der Waals surface area contributed by atoms with Crippen LogP contribution in [-0.4, -0.2) is 16.4 Å². The van der Waals surface area contributed by atoms with Gasteiger partial charge < -0.3 is 5.32 Å². The molecule has 3 nitrogen and oxygen atoms in total. The van der Waals surface area contributed by atoms with E-state index in [1.165, 1.54) is 4.88 Å². The summed E-state index contributed by atoms with van der Waals surface area (Å²) in [4.78, 5) is 17.2. The molecule has 0 aliphatic carbocycles. The fourth-order valence-corrected chi connectivity index (χ4v) is 2.28. The van der Waals surface area contributed by atoms with Crippen LogP contribution in [0.1, 0.15) is 42.8 Å². The van der Waals surface area contributed by atoms with Gasteiger partial charge in [-0.15, -0.1) is 11.3 Å². The molecule has 90 valence electrons. The predicted molar refractivity (Wildman–Crippen MR) is 67.8 cm³/mol. The molecule has 1 rings (SSSR count). The van der Waals surface area contributed by atoms with Gasteiger partial charge in [0.25, 0.3) is 0 Å². The second-order valence-corrected chi connectivity index (χ2v) is 6.34. The zero-order chi connectivity index (χ0) is 12.3. The fourth-order valence-electron chi connectivity index (χ4n) is 1.35. The van der Waals surface area contributed by atoms with Gasteiger partial charge in [0.1, 0.15) is 0 Å². The molecule has 1 N–H and O–H groups in total. The molecule has 0 bridgehead atoms. The number of nitrogens with one attached hydrogen (secondary N) is 1. The van der Waals surface area contributed by atoms with Crippen molar-refractivity contribution in [2.45, 2.75) is 53.0 Å². The lowest BCUT2D eigenvalue weighted by molar-refractivity contribution is -0.122. The Hall–Kier alpha value is -0.900. The molecule has 1 aromatic heterocycles. The Labute approximate surface area is 101 Å². The molecule has 4 heteroatoms. The SMILES string of the molecule is Cc1nc(CCC(=O)NC(C)(C)C)sc1C. The van der Waals surface area contributed by atoms with Crippen LogP contribution in [-0.2, 0) is 11.2 Å². The quantitative estimate of drug-likeness (QED) is 0.882. The first-order valence-corrected chi connectivity index (χ1v) is 6.33. The summed E-state index contributed by atoms with van der Waals surface area (Å²) in [6.45, 7) is 10.0. The third kappa shape index (κ3) is 4.31. The van der Waals surface area contributed by atoms with E-state index < -0.39 is 0 Å². The number of carbonyl (C=O) groups is 1. The highest BCUT2D eigenvalue weighted by Crippen LogP contribution is 2.17. The molecule has 16 heavy (non-hydrogen) atoms. The molecule has 0 fully saturated rings. The normalized spacial score (nSPS) is 11.6. The molecule has 0 aromatic carbocycles. The summed E-state index contributed by atoms with van der Waals surface area (Å²) in [7, 11) is 0. The van der Waals surface area contributed by atoms with Gasteiger partial charge in [0.05, 0.1) is 10.7 Å². The summed E-state index contributed by atoms with van der Waals surface area (Å²) in [5.41, 5.74) is 0.933. The second-order valence-electron chi connectivity index (χ2n) is 5.05. The van der Waals surface area contributed by atoms with Gasteiger partial charge in [-0.3, -0.25) is 4.79 Å². The molecule has 0 radical (unpaired) electrons. The van der Waals surface area contributed by atoms with Crippen molar-refractivity contribution >= 4 is 17.2 Å². The number of rotatable bonds is 3. The molecule has 0 saturated heterocycles. The van der Waals surface area contributed by atoms with E-state index in [1.807, 2.05) is 27.7 Å². The molecule has 1 aromatic rings. The lowest BCUT2D eigenvalue weighted by atomic mass is 10.1. The molecule has 1 amide bonds. The van der Waals surface area contributed by atoms with Crippen LogP contribution < -0.4 is 5.32 Å². The van der Waals surface area contributed by atoms with Gasteiger partial charge >= 0.3 is 0 Å². The van der Waals surface area contributed by atoms with E-state index in [-0.39, 0.29) is 11.4 Å². The Balaban J connectivity index is 2.43. The topological polar surface area (TPSA) is 42.0 Å². The minimum atomic E-state index is -0.147. The molecule has 0 unspecified atom stereocenters. The van der Waals surface area contributed by atoms with Gasteiger partial charge in [0, 0.05) is 23.3 Å². The Bertz CT molecular complexity index is 357. The van der Waals surface area contributed by atoms with Gasteiger partial charge in [-0.1, -0.05) is 0 Å². The van der Waals surface area contributed by atoms with E-state index >= 15 is 0 Å². The molecule has 0 aliphatic rings. The number of aromatic nitrogens is 1. The van der Waals surface area contributed by atoms with Crippen LogP contribution in [0, 0.1) is 13.8 Å². The van der Waals surface area contributed by atoms with Crippen molar-refractivity contribution in [1.82, 2.24) is 10.3 Å². The van der Waals surface area contributed by atoms with Crippen molar-refractivity contribution in [2.24, 2.45) is 0 Å². The average Bonchev–Trinajstić information content (AvgIpc) is 2.40. The number of hydrogen-bond donors (Lipinski definition) is 1. The summed E-state index contributed by atoms with van der Waals surface area (Å²) >= 11 is 1.68. The summed E-state index contributed by atoms with van der Waals surface area (Å²) in [6, 6.07) is 0. The maximum Gasteiger partial charge on any atom is 0.220 e. The average molecular weight is 240 g/mol. The molecule has 1 heterocycles. The summed E-state index contributed by atoms with van der Waals surface area (Å²) < 4.78 is 0. The van der Waals surface area contributed by atoms with E-state index in [0.29, 0.717) is 6.42 Å². The number of amides is 1. The highest BCUT2D eigenvalue weighted by molar-refractivity contribution is 7.11. The van der Waals surface area contributed by atoms with Crippen LogP contribution in [0.3, 0.4) is 0 Å². The smallest absolute Gasteiger partial charge is 0.220 e. The monoisotopic (exact) mass is 240 g/mol. The largest absolute Gasteiger partial charge is 0.351 e. The van der Waals surface area contributed by atoms with E-state index in [9.17, 15) is 4.79 Å². The van der Waals surface area contributed by atoms with Crippen molar-refractivity contribution < 1.29 is 4.79 Å². The van der Waals surface area contributed by atoms with Crippen LogP contribution >= 0.6 is 11.3 Å². The van der Waals surface area contributed by atoms with Crippen molar-refractivity contribution in [1.29, 1.82) is 0 Å². The van der Waals surface area contributed by atoms with Crippen LogP contribution in [0.4, 0.5) is 0 Å². The van der Waals surface area contributed by atoms with Gasteiger partial charge in [-0.25, -0.2) is 4.98 Å². The van der Waals surface area contributed by atoms with Crippen molar-refractivity contribution in [3.05, 3.63) is 15.6 Å². The Morgan fingerprint density at radius 3 is 2.44 bits per heavy atom. The van der Waals surface area contributed by atoms with Crippen LogP contribution in [0.25, 0.3) is 0 Å². The van der Waals surface area contributed by atoms with Gasteiger partial charge in [-0.2, -0.15) is 0 Å². The van der Waals surface area contributed by atoms with Crippen molar-refractivity contribution in [3.8, 4) is 0 Å². The standard InChI is InChI=1S/C12H20N2OS/c1-8-9(2)16-11(13-8)7-6-10(15)14-12(3,4)5/h6-7H2,1-5H3,(H,14,15). The zero-order valence-corrected chi connectivity index (χ0v) is 11.5. The van der Waals surface area contributed by atoms with Crippen molar-refractivity contribution in [3.63, 3.8) is 0 Å². The highest BCUT2D eigenvalue weighted by atomic mass is 32.1. The first kappa shape index (κ1) is 13.2. The number of hydrogen-bond acceptors (Lipinski definition) is 3. The first-order valence-electron chi connectivity index (χ1n) is 5.52. The van der Waals surface area contributed by atoms with Gasteiger partial charge in [-0.05, 0) is 34.6 Å². The van der Waals surface area contributed by atoms with Crippen LogP contribution in [0.5, 0.6) is 0 Å². The van der Waals surface area contributed by atoms with E-state index in [4.69, 9.17) is 0 Å². The molecular formula is C12H20N2OS. The molecule has 0 atom stereocenters. The minimum absolute atomic E-state index is 0.0954. The number of aryl methyl sites for hydroxylation is 3. The zero-order valence-electron chi connectivity index (χ0n) is 10.7. The Kier molecular flexibility index (Phi) is 4.08. The van der Waals surface area contributed by atoms with Crippen LogP contribution in [0.2, 0.25) is 0 Å². The highest BCUT2D eigenvalue weighted by Gasteiger charge is 2.14. The lowest BCUT2D eigenvalue weighted by Gasteiger charge is -2.20. The minimum Gasteiger partial charge on any atom is -0.351 e. The fraction of sp³-hybridized carbons (Fsp3) is 0.667. The maximum atomic E-state index is 11.6. The maximum absolute atomic E-state index is 11.6. The molecule has 0 saturated carbocycles. The summed E-state index contributed by atoms with van der Waals surface area (Å²) in [5, 5.41) is 4.00. The van der Waals surface area contributed by atoms with Crippen molar-refractivity contribution in [2.75, 3.05) is 0 Å². The Morgan fingerprint density at radius 1 is 1.38 bits per heavy atom. The van der Waals surface area contributed by atoms with E-state index in [1.54, 1.807) is 11.3 Å². The van der Waals surface area contributed by atoms with E-state index in [2.05, 4.69) is 17.2 Å². The number of thiazole rings is 1. The Morgan fingerprint density at radius 2 is 2.00 bits per heavy atom. The third-order valence-corrected chi connectivity index (χ3v) is 3.29. The van der Waals surface area contributed by atoms with Crippen LogP contribution in [0.15, 0.2) is 0 Å². The predicted octanol–water partition coefficient (Wildman–Crippen LogP) is 2.61. The lowest BCUT2D eigenvalue weighted by Crippen LogP contribution is -2.40. The first-order chi connectivity index (χ1) is 7.28. The summed E-state index contributed by atoms with van der Waals surface area (Å²) in [6.07, 6.45) is 1.25.